The Kier molecular flexibility index (Phi) is 4.42. The van der Waals surface area contributed by atoms with E-state index >= 15 is 0 Å². The van der Waals surface area contributed by atoms with Gasteiger partial charge in [-0.1, -0.05) is 20.3 Å². The molecule has 4 nitrogen and oxygen atoms in total. The summed E-state index contributed by atoms with van der Waals surface area (Å²) < 4.78 is 13.9. The number of carbonyl (C=O) groups excluding carboxylic acids is 2. The molecule has 2 unspecified atom stereocenters. The molecule has 108 valence electrons. The van der Waals surface area contributed by atoms with Crippen molar-refractivity contribution in [1.29, 1.82) is 0 Å². The number of hydrogen-bond acceptors (Lipinski definition) is 2. The smallest absolute Gasteiger partial charge is 0.250 e. The van der Waals surface area contributed by atoms with Gasteiger partial charge in [0, 0.05) is 5.69 Å². The average molecular weight is 343 g/mol. The second kappa shape index (κ2) is 5.91. The molecule has 0 spiro atoms. The molecule has 0 radical (unpaired) electrons. The molecule has 1 saturated heterocycles. The molecule has 0 aliphatic carbocycles. The summed E-state index contributed by atoms with van der Waals surface area (Å²) in [6, 6.07) is 3.86. The molecule has 1 aliphatic heterocycles. The van der Waals surface area contributed by atoms with Crippen molar-refractivity contribution >= 4 is 33.4 Å². The minimum atomic E-state index is -0.548. The van der Waals surface area contributed by atoms with Crippen molar-refractivity contribution in [1.82, 2.24) is 5.32 Å². The fraction of sp³-hybridized carbons (Fsp3) is 0.429. The second-order valence-electron chi connectivity index (χ2n) is 4.95. The van der Waals surface area contributed by atoms with Crippen LogP contribution in [0.25, 0.3) is 0 Å². The number of hydrogen-bond donors (Lipinski definition) is 1. The van der Waals surface area contributed by atoms with E-state index in [1.807, 2.05) is 13.8 Å². The van der Waals surface area contributed by atoms with Crippen LogP contribution in [0.3, 0.4) is 0 Å². The molecule has 2 atom stereocenters. The maximum Gasteiger partial charge on any atom is 0.250 e. The van der Waals surface area contributed by atoms with E-state index in [9.17, 15) is 14.0 Å². The monoisotopic (exact) mass is 342 g/mol. The number of carbonyl (C=O) groups is 2. The normalized spacial score (nSPS) is 20.8. The third-order valence-corrected chi connectivity index (χ3v) is 4.22. The Balaban J connectivity index is 2.32. The highest BCUT2D eigenvalue weighted by Gasteiger charge is 2.36. The fourth-order valence-corrected chi connectivity index (χ4v) is 2.41. The third-order valence-electron chi connectivity index (χ3n) is 3.58. The number of rotatable bonds is 3. The van der Waals surface area contributed by atoms with Crippen LogP contribution in [0.4, 0.5) is 10.1 Å². The molecule has 1 aromatic carbocycles. The van der Waals surface area contributed by atoms with E-state index in [1.54, 1.807) is 6.07 Å². The highest BCUT2D eigenvalue weighted by molar-refractivity contribution is 9.10. The molecule has 2 rings (SSSR count). The number of amides is 2. The van der Waals surface area contributed by atoms with Gasteiger partial charge in [-0.2, -0.15) is 0 Å². The molecular formula is C14H16BrFN2O2. The Morgan fingerprint density at radius 1 is 1.50 bits per heavy atom. The summed E-state index contributed by atoms with van der Waals surface area (Å²) in [5, 5.41) is 2.71. The minimum Gasteiger partial charge on any atom is -0.342 e. The highest BCUT2D eigenvalue weighted by atomic mass is 79.9. The van der Waals surface area contributed by atoms with Gasteiger partial charge in [0.1, 0.15) is 18.4 Å². The zero-order valence-corrected chi connectivity index (χ0v) is 12.9. The Labute approximate surface area is 125 Å². The maximum absolute atomic E-state index is 13.6. The molecule has 6 heteroatoms. The van der Waals surface area contributed by atoms with Gasteiger partial charge in [0.05, 0.1) is 4.47 Å². The van der Waals surface area contributed by atoms with Crippen molar-refractivity contribution in [3.63, 3.8) is 0 Å². The molecule has 2 amide bonds. The van der Waals surface area contributed by atoms with Gasteiger partial charge >= 0.3 is 0 Å². The van der Waals surface area contributed by atoms with Crippen molar-refractivity contribution in [2.24, 2.45) is 5.92 Å². The first-order valence-corrected chi connectivity index (χ1v) is 7.29. The van der Waals surface area contributed by atoms with Crippen LogP contribution in [0.15, 0.2) is 22.7 Å². The average Bonchev–Trinajstić information content (AvgIpc) is 2.43. The van der Waals surface area contributed by atoms with Gasteiger partial charge in [-0.25, -0.2) is 4.39 Å². The molecule has 1 fully saturated rings. The zero-order valence-electron chi connectivity index (χ0n) is 11.3. The molecule has 20 heavy (non-hydrogen) atoms. The van der Waals surface area contributed by atoms with Gasteiger partial charge in [0.2, 0.25) is 11.8 Å². The van der Waals surface area contributed by atoms with Gasteiger partial charge in [0.25, 0.3) is 0 Å². The van der Waals surface area contributed by atoms with Crippen LogP contribution < -0.4 is 10.2 Å². The van der Waals surface area contributed by atoms with Crippen LogP contribution in [0.2, 0.25) is 0 Å². The summed E-state index contributed by atoms with van der Waals surface area (Å²) >= 11 is 3.07. The maximum atomic E-state index is 13.6. The number of benzene rings is 1. The lowest BCUT2D eigenvalue weighted by Crippen LogP contribution is -2.60. The van der Waals surface area contributed by atoms with Gasteiger partial charge in [-0.3, -0.25) is 9.59 Å². The molecule has 0 aromatic heterocycles. The first-order valence-electron chi connectivity index (χ1n) is 6.49. The van der Waals surface area contributed by atoms with Crippen molar-refractivity contribution < 1.29 is 14.0 Å². The van der Waals surface area contributed by atoms with E-state index in [0.717, 1.165) is 6.42 Å². The molecule has 1 N–H and O–H groups in total. The van der Waals surface area contributed by atoms with Crippen molar-refractivity contribution in [2.45, 2.75) is 26.3 Å². The molecule has 0 bridgehead atoms. The van der Waals surface area contributed by atoms with Gasteiger partial charge < -0.3 is 10.2 Å². The van der Waals surface area contributed by atoms with Crippen LogP contribution >= 0.6 is 15.9 Å². The summed E-state index contributed by atoms with van der Waals surface area (Å²) in [7, 11) is 0. The number of nitrogens with one attached hydrogen (secondary N) is 1. The van der Waals surface area contributed by atoms with Crippen LogP contribution in [0.5, 0.6) is 0 Å². The van der Waals surface area contributed by atoms with Crippen molar-refractivity contribution in [2.75, 3.05) is 11.4 Å². The lowest BCUT2D eigenvalue weighted by Gasteiger charge is -2.35. The predicted molar refractivity (Wildman–Crippen MR) is 77.8 cm³/mol. The Morgan fingerprint density at radius 2 is 2.20 bits per heavy atom. The summed E-state index contributed by atoms with van der Waals surface area (Å²) in [4.78, 5) is 25.6. The fourth-order valence-electron chi connectivity index (χ4n) is 2.16. The number of halogens is 2. The standard InChI is InChI=1S/C14H16BrFN2O2/c1-3-8(2)13-14(20)18(7-12(19)17-13)9-4-5-10(15)11(16)6-9/h4-6,8,13H,3,7H2,1-2H3,(H,17,19). The van der Waals surface area contributed by atoms with Crippen LogP contribution in [0.1, 0.15) is 20.3 Å². The summed E-state index contributed by atoms with van der Waals surface area (Å²) in [6.45, 7) is 3.80. The summed E-state index contributed by atoms with van der Waals surface area (Å²) in [6.07, 6.45) is 0.777. The van der Waals surface area contributed by atoms with Gasteiger partial charge in [0.15, 0.2) is 0 Å². The third kappa shape index (κ3) is 2.85. The number of nitrogens with zero attached hydrogens (tertiary/aromatic N) is 1. The lowest BCUT2D eigenvalue weighted by molar-refractivity contribution is -0.132. The molecular weight excluding hydrogens is 327 g/mol. The molecule has 1 aliphatic rings. The van der Waals surface area contributed by atoms with Crippen molar-refractivity contribution in [3.05, 3.63) is 28.5 Å². The van der Waals surface area contributed by atoms with Crippen LogP contribution in [0, 0.1) is 11.7 Å². The Bertz CT molecular complexity index is 550. The van der Waals surface area contributed by atoms with Gasteiger partial charge in [-0.05, 0) is 40.0 Å². The predicted octanol–water partition coefficient (Wildman–Crippen LogP) is 2.47. The van der Waals surface area contributed by atoms with E-state index in [1.165, 1.54) is 17.0 Å². The molecule has 0 saturated carbocycles. The Morgan fingerprint density at radius 3 is 2.80 bits per heavy atom. The first kappa shape index (κ1) is 15.0. The van der Waals surface area contributed by atoms with E-state index < -0.39 is 11.9 Å². The molecule has 1 aromatic rings. The molecule has 1 heterocycles. The Hall–Kier alpha value is -1.43. The van der Waals surface area contributed by atoms with Gasteiger partial charge in [-0.15, -0.1) is 0 Å². The number of anilines is 1. The highest BCUT2D eigenvalue weighted by Crippen LogP contribution is 2.25. The topological polar surface area (TPSA) is 49.4 Å². The largest absolute Gasteiger partial charge is 0.342 e. The van der Waals surface area contributed by atoms with E-state index in [2.05, 4.69) is 21.2 Å². The van der Waals surface area contributed by atoms with Crippen LogP contribution in [-0.4, -0.2) is 24.4 Å². The first-order chi connectivity index (χ1) is 9.43. The number of piperazine rings is 1. The summed E-state index contributed by atoms with van der Waals surface area (Å²) in [5.41, 5.74) is 0.402. The lowest BCUT2D eigenvalue weighted by atomic mass is 9.96. The quantitative estimate of drug-likeness (QED) is 0.917. The minimum absolute atomic E-state index is 0.0366. The SMILES string of the molecule is CCC(C)C1NC(=O)CN(c2ccc(Br)c(F)c2)C1=O. The summed E-state index contributed by atoms with van der Waals surface area (Å²) in [5.74, 6) is -0.838. The zero-order chi connectivity index (χ0) is 14.9. The van der Waals surface area contributed by atoms with E-state index in [0.29, 0.717) is 10.2 Å². The van der Waals surface area contributed by atoms with Crippen LogP contribution in [-0.2, 0) is 9.59 Å². The van der Waals surface area contributed by atoms with Crippen molar-refractivity contribution in [3.8, 4) is 0 Å². The second-order valence-corrected chi connectivity index (χ2v) is 5.81. The van der Waals surface area contributed by atoms with E-state index in [-0.39, 0.29) is 24.3 Å². The van der Waals surface area contributed by atoms with E-state index in [4.69, 9.17) is 0 Å².